The highest BCUT2D eigenvalue weighted by atomic mass is 28.3. The van der Waals surface area contributed by atoms with Gasteiger partial charge in [-0.25, -0.2) is 0 Å². The lowest BCUT2D eigenvalue weighted by Gasteiger charge is -2.02. The summed E-state index contributed by atoms with van der Waals surface area (Å²) in [5.74, 6) is 3.23. The Kier molecular flexibility index (Phi) is 4.84. The molecule has 2 nitrogen and oxygen atoms in total. The molecule has 1 saturated heterocycles. The second-order valence-corrected chi connectivity index (χ2v) is 9.94. The van der Waals surface area contributed by atoms with Crippen molar-refractivity contribution in [2.75, 3.05) is 6.61 Å². The summed E-state index contributed by atoms with van der Waals surface area (Å²) in [7, 11) is -1.23. The average molecular weight is 226 g/mol. The molecule has 0 radical (unpaired) electrons. The smallest absolute Gasteiger partial charge is 0.144 e. The summed E-state index contributed by atoms with van der Waals surface area (Å²) in [6.07, 6.45) is 4.86. The number of aliphatic hydroxyl groups excluding tert-OH is 1. The van der Waals surface area contributed by atoms with Gasteiger partial charge in [-0.2, -0.15) is 0 Å². The zero-order chi connectivity index (χ0) is 11.3. The Bertz CT molecular complexity index is 247. The second-order valence-electron chi connectivity index (χ2n) is 5.19. The van der Waals surface area contributed by atoms with Gasteiger partial charge in [-0.15, -0.1) is 5.54 Å². The molecule has 1 aliphatic rings. The van der Waals surface area contributed by atoms with Crippen LogP contribution in [0.3, 0.4) is 0 Å². The number of hydrogen-bond acceptors (Lipinski definition) is 2. The van der Waals surface area contributed by atoms with Crippen LogP contribution in [0.1, 0.15) is 25.7 Å². The van der Waals surface area contributed by atoms with E-state index in [4.69, 9.17) is 9.84 Å². The second kappa shape index (κ2) is 5.69. The van der Waals surface area contributed by atoms with Gasteiger partial charge < -0.3 is 9.84 Å². The molecule has 0 bridgehead atoms. The third kappa shape index (κ3) is 5.98. The molecular weight excluding hydrogens is 204 g/mol. The lowest BCUT2D eigenvalue weighted by molar-refractivity contribution is 0.280. The highest BCUT2D eigenvalue weighted by Gasteiger charge is 2.36. The fraction of sp³-hybridized carbons (Fsp3) is 0.833. The van der Waals surface area contributed by atoms with E-state index in [1.54, 1.807) is 0 Å². The van der Waals surface area contributed by atoms with E-state index in [2.05, 4.69) is 31.1 Å². The molecule has 1 N–H and O–H groups in total. The monoisotopic (exact) mass is 226 g/mol. The van der Waals surface area contributed by atoms with Crippen LogP contribution in [0.5, 0.6) is 0 Å². The van der Waals surface area contributed by atoms with Crippen LogP contribution < -0.4 is 0 Å². The summed E-state index contributed by atoms with van der Waals surface area (Å²) in [4.78, 5) is 0. The third-order valence-electron chi connectivity index (χ3n) is 2.32. The first-order chi connectivity index (χ1) is 7.03. The van der Waals surface area contributed by atoms with Crippen molar-refractivity contribution >= 4 is 8.07 Å². The molecule has 0 spiro atoms. The zero-order valence-electron chi connectivity index (χ0n) is 10.0. The molecule has 2 atom stereocenters. The van der Waals surface area contributed by atoms with E-state index in [-0.39, 0.29) is 6.10 Å². The Balaban J connectivity index is 2.09. The van der Waals surface area contributed by atoms with Crippen molar-refractivity contribution < 1.29 is 9.84 Å². The lowest BCUT2D eigenvalue weighted by Crippen LogP contribution is -2.16. The fourth-order valence-corrected chi connectivity index (χ4v) is 1.99. The molecular formula is C12H22O2Si. The minimum Gasteiger partial charge on any atom is -0.396 e. The molecule has 86 valence electrons. The van der Waals surface area contributed by atoms with Crippen LogP contribution in [-0.2, 0) is 4.74 Å². The SMILES string of the molecule is C[Si](C)(C)C#C[C@H]1O[C@@H]1CCCCCO. The molecule has 0 amide bonds. The summed E-state index contributed by atoms with van der Waals surface area (Å²) >= 11 is 0. The van der Waals surface area contributed by atoms with Crippen molar-refractivity contribution in [2.24, 2.45) is 0 Å². The number of aliphatic hydroxyl groups is 1. The van der Waals surface area contributed by atoms with Crippen molar-refractivity contribution in [1.29, 1.82) is 0 Å². The van der Waals surface area contributed by atoms with Crippen LogP contribution in [-0.4, -0.2) is 32.0 Å². The lowest BCUT2D eigenvalue weighted by atomic mass is 10.1. The number of unbranched alkanes of at least 4 members (excludes halogenated alkanes) is 2. The van der Waals surface area contributed by atoms with E-state index < -0.39 is 8.07 Å². The van der Waals surface area contributed by atoms with Gasteiger partial charge in [-0.3, -0.25) is 0 Å². The van der Waals surface area contributed by atoms with Crippen LogP contribution in [0.2, 0.25) is 19.6 Å². The molecule has 0 aromatic rings. The minimum atomic E-state index is -1.23. The van der Waals surface area contributed by atoms with E-state index in [1.165, 1.54) is 0 Å². The summed E-state index contributed by atoms with van der Waals surface area (Å²) in [6, 6.07) is 0. The Morgan fingerprint density at radius 3 is 2.53 bits per heavy atom. The first kappa shape index (κ1) is 12.8. The van der Waals surface area contributed by atoms with Gasteiger partial charge in [-0.1, -0.05) is 38.4 Å². The van der Waals surface area contributed by atoms with Gasteiger partial charge in [0.1, 0.15) is 14.2 Å². The van der Waals surface area contributed by atoms with Crippen molar-refractivity contribution in [3.63, 3.8) is 0 Å². The molecule has 0 saturated carbocycles. The maximum Gasteiger partial charge on any atom is 0.144 e. The summed E-state index contributed by atoms with van der Waals surface area (Å²) in [6.45, 7) is 7.06. The number of hydrogen-bond donors (Lipinski definition) is 1. The van der Waals surface area contributed by atoms with Gasteiger partial charge in [0, 0.05) is 6.61 Å². The molecule has 0 unspecified atom stereocenters. The molecule has 0 aromatic carbocycles. The molecule has 1 rings (SSSR count). The zero-order valence-corrected chi connectivity index (χ0v) is 11.0. The van der Waals surface area contributed by atoms with E-state index in [0.717, 1.165) is 25.7 Å². The normalized spacial score (nSPS) is 24.5. The molecule has 3 heteroatoms. The summed E-state index contributed by atoms with van der Waals surface area (Å²) < 4.78 is 5.48. The van der Waals surface area contributed by atoms with Gasteiger partial charge in [0.25, 0.3) is 0 Å². The number of ether oxygens (including phenoxy) is 1. The summed E-state index contributed by atoms with van der Waals surface area (Å²) in [5, 5.41) is 8.62. The highest BCUT2D eigenvalue weighted by Crippen LogP contribution is 2.26. The van der Waals surface area contributed by atoms with Crippen molar-refractivity contribution in [3.05, 3.63) is 0 Å². The standard InChI is InChI=1S/C12H22O2Si/c1-15(2,3)10-8-12-11(14-12)7-5-4-6-9-13/h11-13H,4-7,9H2,1-3H3/t11-,12-/m1/s1. The average Bonchev–Trinajstić information content (AvgIpc) is 2.87. The largest absolute Gasteiger partial charge is 0.396 e. The molecule has 1 heterocycles. The Labute approximate surface area is 94.0 Å². The first-order valence-electron chi connectivity index (χ1n) is 5.82. The summed E-state index contributed by atoms with van der Waals surface area (Å²) in [5.41, 5.74) is 3.34. The maximum atomic E-state index is 8.62. The van der Waals surface area contributed by atoms with Crippen LogP contribution in [0.25, 0.3) is 0 Å². The van der Waals surface area contributed by atoms with Crippen LogP contribution in [0.4, 0.5) is 0 Å². The first-order valence-corrected chi connectivity index (χ1v) is 9.32. The molecule has 0 aromatic heterocycles. The molecule has 15 heavy (non-hydrogen) atoms. The van der Waals surface area contributed by atoms with Gasteiger partial charge in [-0.05, 0) is 12.8 Å². The molecule has 1 aliphatic heterocycles. The van der Waals surface area contributed by atoms with Crippen molar-refractivity contribution in [2.45, 2.75) is 57.5 Å². The quantitative estimate of drug-likeness (QED) is 0.337. The van der Waals surface area contributed by atoms with Crippen molar-refractivity contribution in [3.8, 4) is 11.5 Å². The van der Waals surface area contributed by atoms with Gasteiger partial charge >= 0.3 is 0 Å². The van der Waals surface area contributed by atoms with E-state index >= 15 is 0 Å². The predicted molar refractivity (Wildman–Crippen MR) is 65.3 cm³/mol. The Morgan fingerprint density at radius 2 is 1.93 bits per heavy atom. The van der Waals surface area contributed by atoms with Gasteiger partial charge in [0.05, 0.1) is 6.10 Å². The van der Waals surface area contributed by atoms with Crippen LogP contribution in [0.15, 0.2) is 0 Å². The highest BCUT2D eigenvalue weighted by molar-refractivity contribution is 6.83. The Morgan fingerprint density at radius 1 is 1.20 bits per heavy atom. The number of rotatable bonds is 5. The minimum absolute atomic E-state index is 0.214. The topological polar surface area (TPSA) is 32.8 Å². The van der Waals surface area contributed by atoms with Gasteiger partial charge in [0.2, 0.25) is 0 Å². The molecule has 0 aliphatic carbocycles. The number of epoxide rings is 1. The van der Waals surface area contributed by atoms with Crippen LogP contribution >= 0.6 is 0 Å². The predicted octanol–water partition coefficient (Wildman–Crippen LogP) is 2.19. The molecule has 1 fully saturated rings. The van der Waals surface area contributed by atoms with E-state index in [1.807, 2.05) is 0 Å². The van der Waals surface area contributed by atoms with Crippen LogP contribution in [0, 0.1) is 11.5 Å². The van der Waals surface area contributed by atoms with E-state index in [9.17, 15) is 0 Å². The maximum absolute atomic E-state index is 8.62. The van der Waals surface area contributed by atoms with E-state index in [0.29, 0.717) is 12.7 Å². The van der Waals surface area contributed by atoms with Crippen molar-refractivity contribution in [1.82, 2.24) is 0 Å². The Hall–Kier alpha value is -0.303. The third-order valence-corrected chi connectivity index (χ3v) is 3.21. The fourth-order valence-electron chi connectivity index (χ4n) is 1.41. The van der Waals surface area contributed by atoms with Gasteiger partial charge in [0.15, 0.2) is 0 Å².